The van der Waals surface area contributed by atoms with Crippen LogP contribution in [0.5, 0.6) is 0 Å². The summed E-state index contributed by atoms with van der Waals surface area (Å²) in [7, 11) is 0. The highest BCUT2D eigenvalue weighted by molar-refractivity contribution is 5.92. The van der Waals surface area contributed by atoms with E-state index in [0.717, 1.165) is 6.07 Å². The van der Waals surface area contributed by atoms with E-state index in [2.05, 4.69) is 0 Å². The zero-order valence-corrected chi connectivity index (χ0v) is 11.2. The number of amides is 1. The molecule has 1 saturated heterocycles. The lowest BCUT2D eigenvalue weighted by Gasteiger charge is -2.23. The Morgan fingerprint density at radius 1 is 1.50 bits per heavy atom. The number of hydrogen-bond donors (Lipinski definition) is 2. The second kappa shape index (κ2) is 5.58. The number of halogens is 1. The third-order valence-electron chi connectivity index (χ3n) is 3.91. The molecule has 1 fully saturated rings. The minimum atomic E-state index is -0.815. The first-order chi connectivity index (χ1) is 9.40. The topological polar surface area (TPSA) is 83.6 Å². The van der Waals surface area contributed by atoms with Crippen LogP contribution in [0.15, 0.2) is 18.2 Å². The van der Waals surface area contributed by atoms with Gasteiger partial charge in [0.05, 0.1) is 5.92 Å². The Morgan fingerprint density at radius 2 is 2.20 bits per heavy atom. The second-order valence-corrected chi connectivity index (χ2v) is 5.11. The molecule has 0 saturated carbocycles. The molecule has 20 heavy (non-hydrogen) atoms. The summed E-state index contributed by atoms with van der Waals surface area (Å²) >= 11 is 0. The molecule has 1 aromatic rings. The average molecular weight is 280 g/mol. The van der Waals surface area contributed by atoms with Crippen LogP contribution in [-0.2, 0) is 11.3 Å². The van der Waals surface area contributed by atoms with Crippen molar-refractivity contribution in [3.05, 3.63) is 35.1 Å². The normalized spacial score (nSPS) is 22.9. The first kappa shape index (κ1) is 14.5. The molecule has 1 aliphatic rings. The van der Waals surface area contributed by atoms with Crippen LogP contribution < -0.4 is 5.73 Å². The van der Waals surface area contributed by atoms with Gasteiger partial charge in [0.15, 0.2) is 0 Å². The van der Waals surface area contributed by atoms with E-state index in [9.17, 15) is 14.0 Å². The van der Waals surface area contributed by atoms with Crippen molar-refractivity contribution < 1.29 is 19.1 Å². The number of aliphatic carboxylic acids is 1. The van der Waals surface area contributed by atoms with Crippen molar-refractivity contribution >= 4 is 11.9 Å². The molecule has 108 valence electrons. The fourth-order valence-electron chi connectivity index (χ4n) is 2.60. The molecule has 0 aliphatic carbocycles. The van der Waals surface area contributed by atoms with Gasteiger partial charge in [0.1, 0.15) is 5.82 Å². The van der Waals surface area contributed by atoms with Gasteiger partial charge in [-0.15, -0.1) is 0 Å². The summed E-state index contributed by atoms with van der Waals surface area (Å²) in [6.07, 6.45) is 0.567. The van der Waals surface area contributed by atoms with Gasteiger partial charge in [-0.3, -0.25) is 14.5 Å². The van der Waals surface area contributed by atoms with E-state index in [4.69, 9.17) is 10.8 Å². The maximum Gasteiger partial charge on any atom is 0.308 e. The van der Waals surface area contributed by atoms with Crippen molar-refractivity contribution in [3.8, 4) is 0 Å². The van der Waals surface area contributed by atoms with Gasteiger partial charge in [0, 0.05) is 23.7 Å². The van der Waals surface area contributed by atoms with Crippen molar-refractivity contribution in [2.45, 2.75) is 25.9 Å². The van der Waals surface area contributed by atoms with Crippen LogP contribution in [0.3, 0.4) is 0 Å². The SMILES string of the molecule is CC1C(C(=O)O)CCN1Cc1ccc(C(N)=O)cc1F. The van der Waals surface area contributed by atoms with Crippen LogP contribution in [-0.4, -0.2) is 34.5 Å². The zero-order valence-electron chi connectivity index (χ0n) is 11.2. The number of primary amides is 1. The molecule has 0 spiro atoms. The zero-order chi connectivity index (χ0) is 14.9. The van der Waals surface area contributed by atoms with Crippen LogP contribution in [0.4, 0.5) is 4.39 Å². The molecule has 1 heterocycles. The summed E-state index contributed by atoms with van der Waals surface area (Å²) in [6, 6.07) is 3.99. The molecule has 1 amide bonds. The van der Waals surface area contributed by atoms with Gasteiger partial charge in [0.25, 0.3) is 0 Å². The fraction of sp³-hybridized carbons (Fsp3) is 0.429. The molecule has 5 nitrogen and oxygen atoms in total. The molecular weight excluding hydrogens is 263 g/mol. The van der Waals surface area contributed by atoms with Crippen LogP contribution in [0.1, 0.15) is 29.3 Å². The molecule has 1 aliphatic heterocycles. The Labute approximate surface area is 116 Å². The van der Waals surface area contributed by atoms with Crippen molar-refractivity contribution in [3.63, 3.8) is 0 Å². The van der Waals surface area contributed by atoms with Gasteiger partial charge in [-0.25, -0.2) is 4.39 Å². The van der Waals surface area contributed by atoms with E-state index in [1.807, 2.05) is 11.8 Å². The summed E-state index contributed by atoms with van der Waals surface area (Å²) in [5.74, 6) is -2.39. The maximum atomic E-state index is 13.9. The number of carboxylic acids is 1. The summed E-state index contributed by atoms with van der Waals surface area (Å²) < 4.78 is 13.9. The van der Waals surface area contributed by atoms with Crippen LogP contribution in [0.2, 0.25) is 0 Å². The van der Waals surface area contributed by atoms with Gasteiger partial charge in [-0.05, 0) is 32.0 Å². The molecule has 1 aromatic carbocycles. The highest BCUT2D eigenvalue weighted by Crippen LogP contribution is 2.26. The largest absolute Gasteiger partial charge is 0.481 e. The molecule has 2 rings (SSSR count). The monoisotopic (exact) mass is 280 g/mol. The number of likely N-dealkylation sites (tertiary alicyclic amines) is 1. The third kappa shape index (κ3) is 2.80. The van der Waals surface area contributed by atoms with Gasteiger partial charge in [-0.2, -0.15) is 0 Å². The number of nitrogens with zero attached hydrogens (tertiary/aromatic N) is 1. The second-order valence-electron chi connectivity index (χ2n) is 5.11. The van der Waals surface area contributed by atoms with E-state index < -0.39 is 23.6 Å². The summed E-state index contributed by atoms with van der Waals surface area (Å²) in [5, 5.41) is 9.07. The molecule has 0 aromatic heterocycles. The first-order valence-corrected chi connectivity index (χ1v) is 6.45. The average Bonchev–Trinajstić information content (AvgIpc) is 2.73. The van der Waals surface area contributed by atoms with E-state index in [-0.39, 0.29) is 11.6 Å². The fourth-order valence-corrected chi connectivity index (χ4v) is 2.60. The standard InChI is InChI=1S/C14H17FN2O3/c1-8-11(14(19)20)4-5-17(8)7-10-3-2-9(13(16)18)6-12(10)15/h2-3,6,8,11H,4-5,7H2,1H3,(H2,16,18)(H,19,20). The Kier molecular flexibility index (Phi) is 4.04. The smallest absolute Gasteiger partial charge is 0.308 e. The van der Waals surface area contributed by atoms with E-state index in [0.29, 0.717) is 25.1 Å². The Hall–Kier alpha value is -1.95. The van der Waals surface area contributed by atoms with E-state index in [1.165, 1.54) is 12.1 Å². The number of benzene rings is 1. The number of hydrogen-bond acceptors (Lipinski definition) is 3. The highest BCUT2D eigenvalue weighted by Gasteiger charge is 2.35. The molecule has 2 atom stereocenters. The molecule has 0 radical (unpaired) electrons. The Balaban J connectivity index is 2.11. The van der Waals surface area contributed by atoms with E-state index in [1.54, 1.807) is 0 Å². The predicted molar refractivity (Wildman–Crippen MR) is 70.5 cm³/mol. The van der Waals surface area contributed by atoms with Gasteiger partial charge < -0.3 is 10.8 Å². The summed E-state index contributed by atoms with van der Waals surface area (Å²) in [5.41, 5.74) is 5.66. The predicted octanol–water partition coefficient (Wildman–Crippen LogP) is 1.22. The summed E-state index contributed by atoms with van der Waals surface area (Å²) in [6.45, 7) is 2.78. The number of nitrogens with two attached hydrogens (primary N) is 1. The van der Waals surface area contributed by atoms with Gasteiger partial charge >= 0.3 is 5.97 Å². The van der Waals surface area contributed by atoms with Crippen LogP contribution >= 0.6 is 0 Å². The summed E-state index contributed by atoms with van der Waals surface area (Å²) in [4.78, 5) is 23.9. The molecular formula is C14H17FN2O3. The third-order valence-corrected chi connectivity index (χ3v) is 3.91. The molecule has 3 N–H and O–H groups in total. The van der Waals surface area contributed by atoms with Crippen molar-refractivity contribution in [2.24, 2.45) is 11.7 Å². The number of carbonyl (C=O) groups is 2. The minimum absolute atomic E-state index is 0.129. The number of carbonyl (C=O) groups excluding carboxylic acids is 1. The van der Waals surface area contributed by atoms with Crippen molar-refractivity contribution in [2.75, 3.05) is 6.54 Å². The Morgan fingerprint density at radius 3 is 2.70 bits per heavy atom. The number of carboxylic acid groups (broad SMARTS) is 1. The Bertz CT molecular complexity index is 547. The molecule has 0 bridgehead atoms. The van der Waals surface area contributed by atoms with E-state index >= 15 is 0 Å². The maximum absolute atomic E-state index is 13.9. The number of rotatable bonds is 4. The van der Waals surface area contributed by atoms with Crippen molar-refractivity contribution in [1.29, 1.82) is 0 Å². The van der Waals surface area contributed by atoms with Crippen LogP contribution in [0.25, 0.3) is 0 Å². The molecule has 6 heteroatoms. The highest BCUT2D eigenvalue weighted by atomic mass is 19.1. The van der Waals surface area contributed by atoms with Gasteiger partial charge in [0.2, 0.25) is 5.91 Å². The lowest BCUT2D eigenvalue weighted by atomic mass is 10.0. The first-order valence-electron chi connectivity index (χ1n) is 6.45. The van der Waals surface area contributed by atoms with Crippen LogP contribution in [0, 0.1) is 11.7 Å². The minimum Gasteiger partial charge on any atom is -0.481 e. The lowest BCUT2D eigenvalue weighted by Crippen LogP contribution is -2.32. The quantitative estimate of drug-likeness (QED) is 0.868. The molecule has 2 unspecified atom stereocenters. The van der Waals surface area contributed by atoms with Crippen molar-refractivity contribution in [1.82, 2.24) is 4.90 Å². The van der Waals surface area contributed by atoms with Gasteiger partial charge in [-0.1, -0.05) is 6.07 Å². The lowest BCUT2D eigenvalue weighted by molar-refractivity contribution is -0.142.